The van der Waals surface area contributed by atoms with Gasteiger partial charge in [0, 0.05) is 5.56 Å². The van der Waals surface area contributed by atoms with Crippen molar-refractivity contribution < 1.29 is 24.3 Å². The maximum absolute atomic E-state index is 5.95. The second-order valence-corrected chi connectivity index (χ2v) is 5.42. The van der Waals surface area contributed by atoms with Crippen LogP contribution in [-0.4, -0.2) is 33.5 Å². The molecule has 2 aromatic carbocycles. The first-order valence-corrected chi connectivity index (χ1v) is 7.71. The Hall–Kier alpha value is -2.40. The van der Waals surface area contributed by atoms with E-state index in [-0.39, 0.29) is 6.10 Å². The second kappa shape index (κ2) is 7.24. The summed E-state index contributed by atoms with van der Waals surface area (Å²) in [6.07, 6.45) is 0.0602. The van der Waals surface area contributed by atoms with Gasteiger partial charge in [0.2, 0.25) is 0 Å². The highest BCUT2D eigenvalue weighted by Crippen LogP contribution is 2.30. The summed E-state index contributed by atoms with van der Waals surface area (Å²) in [5.74, 6) is 3.15. The van der Waals surface area contributed by atoms with Crippen molar-refractivity contribution in [3.63, 3.8) is 0 Å². The van der Waals surface area contributed by atoms with Gasteiger partial charge in [-0.2, -0.15) is 0 Å². The minimum absolute atomic E-state index is 0.0602. The molecule has 1 aliphatic rings. The molecule has 0 fully saturated rings. The quantitative estimate of drug-likeness (QED) is 0.880. The number of benzene rings is 2. The summed E-state index contributed by atoms with van der Waals surface area (Å²) < 4.78 is 22.3. The Morgan fingerprint density at radius 1 is 1.04 bits per heavy atom. The summed E-state index contributed by atoms with van der Waals surface area (Å²) in [7, 11) is 3.29. The van der Waals surface area contributed by atoms with Gasteiger partial charge in [-0.1, -0.05) is 12.1 Å². The van der Waals surface area contributed by atoms with Crippen molar-refractivity contribution in [3.8, 4) is 23.0 Å². The van der Waals surface area contributed by atoms with Crippen LogP contribution in [0.2, 0.25) is 0 Å². The van der Waals surface area contributed by atoms with Gasteiger partial charge in [0.1, 0.15) is 19.7 Å². The molecule has 2 N–H and O–H groups in total. The van der Waals surface area contributed by atoms with Crippen LogP contribution in [0.3, 0.4) is 0 Å². The molecule has 5 heteroatoms. The Labute approximate surface area is 136 Å². The highest BCUT2D eigenvalue weighted by atomic mass is 16.6. The summed E-state index contributed by atoms with van der Waals surface area (Å²) in [4.78, 5) is 0. The lowest BCUT2D eigenvalue weighted by Crippen LogP contribution is -2.85. The number of rotatable bonds is 6. The monoisotopic (exact) mass is 316 g/mol. The fourth-order valence-electron chi connectivity index (χ4n) is 2.62. The van der Waals surface area contributed by atoms with E-state index in [0.29, 0.717) is 6.61 Å². The van der Waals surface area contributed by atoms with E-state index in [0.717, 1.165) is 36.1 Å². The molecule has 0 aliphatic carbocycles. The molecule has 1 heterocycles. The molecule has 5 nitrogen and oxygen atoms in total. The Morgan fingerprint density at radius 2 is 1.83 bits per heavy atom. The van der Waals surface area contributed by atoms with Crippen molar-refractivity contribution >= 4 is 0 Å². The highest BCUT2D eigenvalue weighted by molar-refractivity contribution is 5.42. The molecule has 1 atom stereocenters. The van der Waals surface area contributed by atoms with Gasteiger partial charge in [-0.3, -0.25) is 0 Å². The molecule has 0 amide bonds. The van der Waals surface area contributed by atoms with E-state index < -0.39 is 0 Å². The summed E-state index contributed by atoms with van der Waals surface area (Å²) in [5.41, 5.74) is 1.18. The Bertz CT molecular complexity index is 659. The Morgan fingerprint density at radius 3 is 2.61 bits per heavy atom. The molecule has 0 saturated carbocycles. The molecule has 122 valence electrons. The smallest absolute Gasteiger partial charge is 0.181 e. The number of ether oxygens (including phenoxy) is 4. The predicted molar refractivity (Wildman–Crippen MR) is 86.4 cm³/mol. The molecular formula is C18H22NO4+. The van der Waals surface area contributed by atoms with Crippen molar-refractivity contribution in [1.29, 1.82) is 0 Å². The number of hydrogen-bond acceptors (Lipinski definition) is 4. The van der Waals surface area contributed by atoms with Crippen molar-refractivity contribution in [1.82, 2.24) is 0 Å². The average Bonchev–Trinajstić information content (AvgIpc) is 2.61. The lowest BCUT2D eigenvalue weighted by atomic mass is 10.2. The third-order valence-electron chi connectivity index (χ3n) is 3.83. The number of fused-ring (bicyclic) bond motifs is 1. The van der Waals surface area contributed by atoms with Crippen LogP contribution in [0.15, 0.2) is 42.5 Å². The molecule has 1 aliphatic heterocycles. The van der Waals surface area contributed by atoms with Crippen LogP contribution in [0.1, 0.15) is 5.56 Å². The van der Waals surface area contributed by atoms with Gasteiger partial charge < -0.3 is 24.3 Å². The Kier molecular flexibility index (Phi) is 4.88. The van der Waals surface area contributed by atoms with E-state index in [1.807, 2.05) is 42.5 Å². The lowest BCUT2D eigenvalue weighted by Gasteiger charge is -2.25. The number of methoxy groups -OCH3 is 2. The van der Waals surface area contributed by atoms with Crippen molar-refractivity contribution in [2.24, 2.45) is 0 Å². The van der Waals surface area contributed by atoms with E-state index in [4.69, 9.17) is 18.9 Å². The summed E-state index contributed by atoms with van der Waals surface area (Å²) in [6.45, 7) is 2.27. The van der Waals surface area contributed by atoms with Crippen LogP contribution in [0, 0.1) is 0 Å². The standard InChI is InChI=1S/C18H21NO4/c1-20-15-8-7-13(9-18(15)21-2)10-19-11-14-12-22-16-5-3-4-6-17(16)23-14/h3-9,14,19H,10-12H2,1-2H3/p+1/t14-/m0/s1. The third-order valence-corrected chi connectivity index (χ3v) is 3.83. The van der Waals surface area contributed by atoms with E-state index in [9.17, 15) is 0 Å². The van der Waals surface area contributed by atoms with Crippen LogP contribution in [0.5, 0.6) is 23.0 Å². The molecular weight excluding hydrogens is 294 g/mol. The van der Waals surface area contributed by atoms with Crippen LogP contribution in [0.25, 0.3) is 0 Å². The minimum atomic E-state index is 0.0602. The number of quaternary nitrogens is 1. The summed E-state index contributed by atoms with van der Waals surface area (Å²) >= 11 is 0. The zero-order valence-corrected chi connectivity index (χ0v) is 13.5. The first-order valence-electron chi connectivity index (χ1n) is 7.71. The van der Waals surface area contributed by atoms with E-state index in [2.05, 4.69) is 5.32 Å². The number of para-hydroxylation sites is 2. The van der Waals surface area contributed by atoms with Gasteiger partial charge in [-0.15, -0.1) is 0 Å². The lowest BCUT2D eigenvalue weighted by molar-refractivity contribution is -0.676. The van der Waals surface area contributed by atoms with Crippen LogP contribution >= 0.6 is 0 Å². The summed E-state index contributed by atoms with van der Waals surface area (Å²) in [6, 6.07) is 13.8. The molecule has 2 aromatic rings. The van der Waals surface area contributed by atoms with Crippen LogP contribution < -0.4 is 24.3 Å². The molecule has 0 radical (unpaired) electrons. The molecule has 3 rings (SSSR count). The molecule has 0 saturated heterocycles. The molecule has 23 heavy (non-hydrogen) atoms. The van der Waals surface area contributed by atoms with Crippen LogP contribution in [-0.2, 0) is 6.54 Å². The Balaban J connectivity index is 1.52. The topological polar surface area (TPSA) is 53.5 Å². The average molecular weight is 316 g/mol. The van der Waals surface area contributed by atoms with E-state index >= 15 is 0 Å². The number of nitrogens with two attached hydrogens (primary N) is 1. The minimum Gasteiger partial charge on any atom is -0.493 e. The van der Waals surface area contributed by atoms with Gasteiger partial charge in [-0.05, 0) is 30.3 Å². The van der Waals surface area contributed by atoms with Crippen LogP contribution in [0.4, 0.5) is 0 Å². The maximum Gasteiger partial charge on any atom is 0.181 e. The first-order chi connectivity index (χ1) is 11.3. The van der Waals surface area contributed by atoms with Crippen molar-refractivity contribution in [2.75, 3.05) is 27.4 Å². The van der Waals surface area contributed by atoms with Gasteiger partial charge in [0.25, 0.3) is 0 Å². The van der Waals surface area contributed by atoms with Gasteiger partial charge in [0.15, 0.2) is 29.1 Å². The first kappa shape index (κ1) is 15.5. The molecule has 0 aromatic heterocycles. The summed E-state index contributed by atoms with van der Waals surface area (Å²) in [5, 5.41) is 2.21. The molecule has 0 bridgehead atoms. The van der Waals surface area contributed by atoms with Crippen molar-refractivity contribution in [3.05, 3.63) is 48.0 Å². The van der Waals surface area contributed by atoms with Gasteiger partial charge in [-0.25, -0.2) is 0 Å². The zero-order chi connectivity index (χ0) is 16.1. The predicted octanol–water partition coefficient (Wildman–Crippen LogP) is 1.61. The maximum atomic E-state index is 5.95. The second-order valence-electron chi connectivity index (χ2n) is 5.42. The normalized spacial score (nSPS) is 16.0. The fraction of sp³-hybridized carbons (Fsp3) is 0.333. The fourth-order valence-corrected chi connectivity index (χ4v) is 2.62. The van der Waals surface area contributed by atoms with Crippen molar-refractivity contribution in [2.45, 2.75) is 12.6 Å². The molecule has 0 unspecified atom stereocenters. The van der Waals surface area contributed by atoms with E-state index in [1.165, 1.54) is 5.56 Å². The SMILES string of the molecule is COc1ccc(C[NH2+]C[C@H]2COc3ccccc3O2)cc1OC. The third kappa shape index (κ3) is 3.68. The highest BCUT2D eigenvalue weighted by Gasteiger charge is 2.21. The van der Waals surface area contributed by atoms with Gasteiger partial charge >= 0.3 is 0 Å². The van der Waals surface area contributed by atoms with E-state index in [1.54, 1.807) is 14.2 Å². The van der Waals surface area contributed by atoms with Gasteiger partial charge in [0.05, 0.1) is 14.2 Å². The largest absolute Gasteiger partial charge is 0.493 e. The zero-order valence-electron chi connectivity index (χ0n) is 13.5. The molecule has 0 spiro atoms. The number of hydrogen-bond donors (Lipinski definition) is 1.